The summed E-state index contributed by atoms with van der Waals surface area (Å²) in [7, 11) is 1.75. The van der Waals surface area contributed by atoms with Crippen LogP contribution in [0.15, 0.2) is 0 Å². The first kappa shape index (κ1) is 9.51. The Morgan fingerprint density at radius 1 is 1.58 bits per heavy atom. The van der Waals surface area contributed by atoms with Crippen LogP contribution in [0.4, 0.5) is 0 Å². The van der Waals surface area contributed by atoms with Crippen molar-refractivity contribution in [1.82, 2.24) is 9.80 Å². The number of carbonyl (C=O) groups is 2. The molecule has 4 nitrogen and oxygen atoms in total. The van der Waals surface area contributed by atoms with Crippen LogP contribution in [0.2, 0.25) is 0 Å². The summed E-state index contributed by atoms with van der Waals surface area (Å²) in [6.07, 6.45) is 0. The average Bonchev–Trinajstić information content (AvgIpc) is 2.08. The van der Waals surface area contributed by atoms with E-state index in [0.29, 0.717) is 18.4 Å². The highest BCUT2D eigenvalue weighted by molar-refractivity contribution is 9.09. The van der Waals surface area contributed by atoms with Crippen molar-refractivity contribution in [3.8, 4) is 0 Å². The third kappa shape index (κ3) is 1.97. The number of carbonyl (C=O) groups excluding carboxylic acids is 2. The zero-order valence-corrected chi connectivity index (χ0v) is 8.50. The standard InChI is InChI=1S/C7H11BrN2O2/c1-9-2-3-10(5-7(9)12)6(11)4-8/h2-5H2,1H3. The largest absolute Gasteiger partial charge is 0.342 e. The van der Waals surface area contributed by atoms with Gasteiger partial charge in [-0.1, -0.05) is 15.9 Å². The molecular formula is C7H11BrN2O2. The highest BCUT2D eigenvalue weighted by atomic mass is 79.9. The molecule has 0 aromatic heterocycles. The lowest BCUT2D eigenvalue weighted by molar-refractivity contribution is -0.142. The van der Waals surface area contributed by atoms with Gasteiger partial charge in [0.2, 0.25) is 11.8 Å². The van der Waals surface area contributed by atoms with Crippen molar-refractivity contribution in [2.75, 3.05) is 32.0 Å². The molecule has 0 aliphatic carbocycles. The Bertz CT molecular complexity index is 206. The summed E-state index contributed by atoms with van der Waals surface area (Å²) in [6.45, 7) is 1.51. The molecule has 0 bridgehead atoms. The molecule has 0 saturated carbocycles. The van der Waals surface area contributed by atoms with Crippen LogP contribution in [0, 0.1) is 0 Å². The van der Waals surface area contributed by atoms with Gasteiger partial charge in [-0.2, -0.15) is 0 Å². The first-order chi connectivity index (χ1) is 5.65. The minimum Gasteiger partial charge on any atom is -0.342 e. The number of rotatable bonds is 1. The van der Waals surface area contributed by atoms with Crippen LogP contribution in [0.5, 0.6) is 0 Å². The number of halogens is 1. The number of amides is 2. The first-order valence-corrected chi connectivity index (χ1v) is 4.85. The van der Waals surface area contributed by atoms with Crippen LogP contribution < -0.4 is 0 Å². The molecule has 0 N–H and O–H groups in total. The summed E-state index contributed by atoms with van der Waals surface area (Å²) in [5, 5.41) is 0.296. The number of hydrogen-bond acceptors (Lipinski definition) is 2. The Kier molecular flexibility index (Phi) is 3.08. The minimum atomic E-state index is -0.0172. The predicted octanol–water partition coefficient (Wildman–Crippen LogP) is -0.318. The molecular weight excluding hydrogens is 224 g/mol. The molecule has 1 saturated heterocycles. The number of alkyl halides is 1. The van der Waals surface area contributed by atoms with E-state index in [1.165, 1.54) is 0 Å². The zero-order chi connectivity index (χ0) is 9.14. The number of likely N-dealkylation sites (N-methyl/N-ethyl adjacent to an activating group) is 1. The summed E-state index contributed by atoms with van der Waals surface area (Å²) < 4.78 is 0. The van der Waals surface area contributed by atoms with Gasteiger partial charge < -0.3 is 9.80 Å². The van der Waals surface area contributed by atoms with Gasteiger partial charge in [-0.15, -0.1) is 0 Å². The first-order valence-electron chi connectivity index (χ1n) is 3.73. The van der Waals surface area contributed by atoms with Gasteiger partial charge >= 0.3 is 0 Å². The van der Waals surface area contributed by atoms with Gasteiger partial charge in [0, 0.05) is 20.1 Å². The van der Waals surface area contributed by atoms with E-state index in [0.717, 1.165) is 0 Å². The second kappa shape index (κ2) is 3.89. The molecule has 0 atom stereocenters. The van der Waals surface area contributed by atoms with Crippen molar-refractivity contribution in [2.24, 2.45) is 0 Å². The average molecular weight is 235 g/mol. The lowest BCUT2D eigenvalue weighted by atomic mass is 10.3. The van der Waals surface area contributed by atoms with E-state index in [1.807, 2.05) is 0 Å². The quantitative estimate of drug-likeness (QED) is 0.584. The number of nitrogens with zero attached hydrogens (tertiary/aromatic N) is 2. The summed E-state index contributed by atoms with van der Waals surface area (Å²) in [4.78, 5) is 25.5. The summed E-state index contributed by atoms with van der Waals surface area (Å²) in [5.74, 6) is -0.00741. The number of piperazine rings is 1. The molecule has 1 aliphatic heterocycles. The zero-order valence-electron chi connectivity index (χ0n) is 6.92. The molecule has 0 radical (unpaired) electrons. The Morgan fingerprint density at radius 2 is 2.25 bits per heavy atom. The second-order valence-corrected chi connectivity index (χ2v) is 3.32. The monoisotopic (exact) mass is 234 g/mol. The maximum atomic E-state index is 11.1. The Hall–Kier alpha value is -0.580. The molecule has 2 amide bonds. The Labute approximate surface area is 79.6 Å². The van der Waals surface area contributed by atoms with Gasteiger partial charge in [0.1, 0.15) is 0 Å². The molecule has 1 heterocycles. The van der Waals surface area contributed by atoms with Gasteiger partial charge in [-0.3, -0.25) is 9.59 Å². The van der Waals surface area contributed by atoms with Crippen LogP contribution in [-0.4, -0.2) is 53.6 Å². The van der Waals surface area contributed by atoms with E-state index < -0.39 is 0 Å². The third-order valence-electron chi connectivity index (χ3n) is 1.92. The Balaban J connectivity index is 2.51. The molecule has 1 aliphatic rings. The lowest BCUT2D eigenvalue weighted by Crippen LogP contribution is -2.50. The predicted molar refractivity (Wildman–Crippen MR) is 48.0 cm³/mol. The third-order valence-corrected chi connectivity index (χ3v) is 2.40. The van der Waals surface area contributed by atoms with E-state index in [9.17, 15) is 9.59 Å². The molecule has 1 fully saturated rings. The minimum absolute atomic E-state index is 0.00977. The number of hydrogen-bond donors (Lipinski definition) is 0. The van der Waals surface area contributed by atoms with Gasteiger partial charge in [0.15, 0.2) is 0 Å². The van der Waals surface area contributed by atoms with Gasteiger partial charge in [-0.05, 0) is 0 Å². The SMILES string of the molecule is CN1CCN(C(=O)CBr)CC1=O. The van der Waals surface area contributed by atoms with Gasteiger partial charge in [0.05, 0.1) is 11.9 Å². The van der Waals surface area contributed by atoms with Crippen LogP contribution in [-0.2, 0) is 9.59 Å². The van der Waals surface area contributed by atoms with Crippen LogP contribution >= 0.6 is 15.9 Å². The summed E-state index contributed by atoms with van der Waals surface area (Å²) >= 11 is 3.07. The van der Waals surface area contributed by atoms with Crippen molar-refractivity contribution < 1.29 is 9.59 Å². The maximum absolute atomic E-state index is 11.1. The molecule has 0 spiro atoms. The van der Waals surface area contributed by atoms with Crippen molar-refractivity contribution in [3.05, 3.63) is 0 Å². The maximum Gasteiger partial charge on any atom is 0.241 e. The lowest BCUT2D eigenvalue weighted by Gasteiger charge is -2.31. The van der Waals surface area contributed by atoms with Crippen LogP contribution in [0.3, 0.4) is 0 Å². The van der Waals surface area contributed by atoms with Crippen molar-refractivity contribution in [3.63, 3.8) is 0 Å². The molecule has 12 heavy (non-hydrogen) atoms. The fourth-order valence-electron chi connectivity index (χ4n) is 1.06. The van der Waals surface area contributed by atoms with Gasteiger partial charge in [-0.25, -0.2) is 0 Å². The van der Waals surface area contributed by atoms with E-state index in [4.69, 9.17) is 0 Å². The van der Waals surface area contributed by atoms with E-state index in [1.54, 1.807) is 16.8 Å². The summed E-state index contributed by atoms with van der Waals surface area (Å²) in [6, 6.07) is 0. The fraction of sp³-hybridized carbons (Fsp3) is 0.714. The van der Waals surface area contributed by atoms with E-state index >= 15 is 0 Å². The molecule has 1 rings (SSSR count). The van der Waals surface area contributed by atoms with Crippen LogP contribution in [0.25, 0.3) is 0 Å². The molecule has 0 aromatic rings. The van der Waals surface area contributed by atoms with Crippen molar-refractivity contribution in [2.45, 2.75) is 0 Å². The van der Waals surface area contributed by atoms with Crippen molar-refractivity contribution >= 4 is 27.7 Å². The summed E-state index contributed by atoms with van der Waals surface area (Å²) in [5.41, 5.74) is 0. The van der Waals surface area contributed by atoms with Crippen LogP contribution in [0.1, 0.15) is 0 Å². The molecule has 0 aromatic carbocycles. The highest BCUT2D eigenvalue weighted by Gasteiger charge is 2.23. The normalized spacial score (nSPS) is 18.3. The topological polar surface area (TPSA) is 40.6 Å². The Morgan fingerprint density at radius 3 is 2.75 bits per heavy atom. The molecule has 5 heteroatoms. The van der Waals surface area contributed by atoms with E-state index in [2.05, 4.69) is 15.9 Å². The molecule has 0 unspecified atom stereocenters. The molecule has 68 valence electrons. The second-order valence-electron chi connectivity index (χ2n) is 2.76. The smallest absolute Gasteiger partial charge is 0.241 e. The van der Waals surface area contributed by atoms with Gasteiger partial charge in [0.25, 0.3) is 0 Å². The van der Waals surface area contributed by atoms with E-state index in [-0.39, 0.29) is 18.4 Å². The van der Waals surface area contributed by atoms with Crippen molar-refractivity contribution in [1.29, 1.82) is 0 Å². The highest BCUT2D eigenvalue weighted by Crippen LogP contribution is 2.02. The fourth-order valence-corrected chi connectivity index (χ4v) is 1.41.